The molecule has 1 fully saturated rings. The molecule has 0 aromatic heterocycles. The van der Waals surface area contributed by atoms with Gasteiger partial charge < -0.3 is 54.0 Å². The Balaban J connectivity index is 3.07. The summed E-state index contributed by atoms with van der Waals surface area (Å²) < 4.78 is 0. The first kappa shape index (κ1) is 37.5. The summed E-state index contributed by atoms with van der Waals surface area (Å²) in [7, 11) is 0. The molecule has 0 spiro atoms. The first-order chi connectivity index (χ1) is 20.2. The third kappa shape index (κ3) is 12.3. The summed E-state index contributed by atoms with van der Waals surface area (Å²) >= 11 is 0. The van der Waals surface area contributed by atoms with Crippen molar-refractivity contribution in [3.8, 4) is 0 Å². The fourth-order valence-corrected chi connectivity index (χ4v) is 4.70. The summed E-state index contributed by atoms with van der Waals surface area (Å²) in [6.07, 6.45) is 1.73. The van der Waals surface area contributed by atoms with Crippen molar-refractivity contribution < 1.29 is 34.2 Å². The lowest BCUT2D eigenvalue weighted by atomic mass is 9.98. The molecular weight excluding hydrogens is 562 g/mol. The minimum atomic E-state index is -1.44. The Labute approximate surface area is 252 Å². The molecule has 0 aromatic carbocycles. The number of carboxylic acids is 1. The van der Waals surface area contributed by atoms with Gasteiger partial charge in [-0.15, -0.1) is 0 Å². The van der Waals surface area contributed by atoms with Gasteiger partial charge in [0.15, 0.2) is 5.96 Å². The van der Waals surface area contributed by atoms with E-state index in [4.69, 9.17) is 22.9 Å². The maximum Gasteiger partial charge on any atom is 0.326 e. The number of nitrogens with zero attached hydrogens (tertiary/aromatic N) is 2. The van der Waals surface area contributed by atoms with Gasteiger partial charge in [-0.25, -0.2) is 4.79 Å². The van der Waals surface area contributed by atoms with Gasteiger partial charge in [0, 0.05) is 13.1 Å². The topological polar surface area (TPSA) is 282 Å². The Kier molecular flexibility index (Phi) is 16.5. The highest BCUT2D eigenvalue weighted by atomic mass is 16.4. The van der Waals surface area contributed by atoms with E-state index in [2.05, 4.69) is 20.9 Å². The van der Waals surface area contributed by atoms with E-state index in [-0.39, 0.29) is 44.2 Å². The molecule has 1 aliphatic rings. The number of unbranched alkanes of at least 4 members (excludes halogenated alkanes) is 1. The zero-order valence-corrected chi connectivity index (χ0v) is 25.5. The second kappa shape index (κ2) is 18.9. The van der Waals surface area contributed by atoms with Gasteiger partial charge in [0.05, 0.1) is 12.1 Å². The third-order valence-corrected chi connectivity index (χ3v) is 7.58. The number of carbonyl (C=O) groups is 5. The van der Waals surface area contributed by atoms with E-state index in [0.29, 0.717) is 38.6 Å². The number of aliphatic imine (C=N–C) groups is 1. The first-order valence-electron chi connectivity index (χ1n) is 14.9. The van der Waals surface area contributed by atoms with Crippen molar-refractivity contribution >= 4 is 35.6 Å². The molecule has 13 N–H and O–H groups in total. The standard InChI is InChI=1S/C27H51N9O7/c1-4-15(2)20(29)24(40)33-17(10-7-13-32-27(30)31)22(38)35-21(16(3)37)25(41)36-14-8-11-19(36)23(39)34-18(26(42)43)9-5-6-12-28/h15-21,37H,4-14,28-29H2,1-3H3,(H,33,40)(H,34,39)(H,35,38)(H,42,43)(H4,30,31,32)/t15-,16+,17-,18-,19-,20-,21-/m0/s1. The van der Waals surface area contributed by atoms with Crippen LogP contribution in [0.4, 0.5) is 0 Å². The number of nitrogens with one attached hydrogen (secondary N) is 3. The zero-order chi connectivity index (χ0) is 32.7. The van der Waals surface area contributed by atoms with Crippen LogP contribution in [0.1, 0.15) is 72.1 Å². The van der Waals surface area contributed by atoms with Gasteiger partial charge in [-0.3, -0.25) is 24.2 Å². The number of nitrogens with two attached hydrogens (primary N) is 4. The number of hydrogen-bond acceptors (Lipinski definition) is 9. The maximum atomic E-state index is 13.6. The van der Waals surface area contributed by atoms with Crippen molar-refractivity contribution in [2.45, 2.75) is 108 Å². The van der Waals surface area contributed by atoms with E-state index in [1.165, 1.54) is 11.8 Å². The number of aliphatic hydroxyl groups excluding tert-OH is 1. The van der Waals surface area contributed by atoms with Crippen LogP contribution in [0.25, 0.3) is 0 Å². The Morgan fingerprint density at radius 3 is 2.19 bits per heavy atom. The molecular formula is C27H51N9O7. The van der Waals surface area contributed by atoms with E-state index >= 15 is 0 Å². The molecule has 0 aromatic rings. The number of amides is 4. The molecule has 0 bridgehead atoms. The SMILES string of the molecule is CC[C@H](C)[C@H](N)C(=O)N[C@@H](CCCN=C(N)N)C(=O)N[C@H](C(=O)N1CCC[C@H]1C(=O)N[C@@H](CCCCN)C(=O)O)[C@@H](C)O. The smallest absolute Gasteiger partial charge is 0.326 e. The quantitative estimate of drug-likeness (QED) is 0.0415. The Morgan fingerprint density at radius 2 is 1.63 bits per heavy atom. The molecule has 1 saturated heterocycles. The second-order valence-electron chi connectivity index (χ2n) is 11.0. The zero-order valence-electron chi connectivity index (χ0n) is 25.5. The van der Waals surface area contributed by atoms with Crippen molar-refractivity contribution in [3.63, 3.8) is 0 Å². The lowest BCUT2D eigenvalue weighted by molar-refractivity contribution is -0.146. The average molecular weight is 614 g/mol. The predicted molar refractivity (Wildman–Crippen MR) is 160 cm³/mol. The number of guanidine groups is 1. The highest BCUT2D eigenvalue weighted by molar-refractivity contribution is 5.96. The Bertz CT molecular complexity index is 974. The Morgan fingerprint density at radius 1 is 0.977 bits per heavy atom. The molecule has 1 rings (SSSR count). The van der Waals surface area contributed by atoms with Crippen LogP contribution in [-0.2, 0) is 24.0 Å². The molecule has 4 amide bonds. The van der Waals surface area contributed by atoms with Crippen molar-refractivity contribution in [3.05, 3.63) is 0 Å². The van der Waals surface area contributed by atoms with Gasteiger partial charge in [-0.2, -0.15) is 0 Å². The Hall–Kier alpha value is -3.50. The van der Waals surface area contributed by atoms with Gasteiger partial charge in [-0.05, 0) is 64.3 Å². The summed E-state index contributed by atoms with van der Waals surface area (Å²) in [6, 6.07) is -5.56. The van der Waals surface area contributed by atoms with E-state index in [1.54, 1.807) is 0 Å². The summed E-state index contributed by atoms with van der Waals surface area (Å²) in [5.41, 5.74) is 22.2. The van der Waals surface area contributed by atoms with Crippen molar-refractivity contribution in [1.82, 2.24) is 20.9 Å². The highest BCUT2D eigenvalue weighted by Crippen LogP contribution is 2.20. The number of likely N-dealkylation sites (tertiary alicyclic amines) is 1. The molecule has 0 radical (unpaired) electrons. The van der Waals surface area contributed by atoms with Crippen LogP contribution >= 0.6 is 0 Å². The molecule has 16 nitrogen and oxygen atoms in total. The molecule has 0 unspecified atom stereocenters. The molecule has 1 heterocycles. The lowest BCUT2D eigenvalue weighted by Gasteiger charge is -2.31. The predicted octanol–water partition coefficient (Wildman–Crippen LogP) is -2.55. The number of aliphatic carboxylic acids is 1. The lowest BCUT2D eigenvalue weighted by Crippen LogP contribution is -2.61. The van der Waals surface area contributed by atoms with Crippen LogP contribution in [0.2, 0.25) is 0 Å². The van der Waals surface area contributed by atoms with Crippen LogP contribution in [0.3, 0.4) is 0 Å². The summed E-state index contributed by atoms with van der Waals surface area (Å²) in [6.45, 7) is 5.75. The average Bonchev–Trinajstić information content (AvgIpc) is 3.45. The minimum absolute atomic E-state index is 0.109. The van der Waals surface area contributed by atoms with Gasteiger partial charge in [-0.1, -0.05) is 20.3 Å². The largest absolute Gasteiger partial charge is 0.480 e. The number of carboxylic acid groups (broad SMARTS) is 1. The van der Waals surface area contributed by atoms with E-state index in [1.807, 2.05) is 13.8 Å². The molecule has 7 atom stereocenters. The maximum absolute atomic E-state index is 13.6. The van der Waals surface area contributed by atoms with Crippen LogP contribution in [-0.4, -0.2) is 107 Å². The van der Waals surface area contributed by atoms with Crippen LogP contribution in [0.15, 0.2) is 4.99 Å². The molecule has 246 valence electrons. The van der Waals surface area contributed by atoms with Gasteiger partial charge >= 0.3 is 5.97 Å². The minimum Gasteiger partial charge on any atom is -0.480 e. The van der Waals surface area contributed by atoms with Gasteiger partial charge in [0.2, 0.25) is 23.6 Å². The molecule has 1 aliphatic heterocycles. The van der Waals surface area contributed by atoms with Crippen molar-refractivity contribution in [1.29, 1.82) is 0 Å². The summed E-state index contributed by atoms with van der Waals surface area (Å²) in [4.78, 5) is 69.6. The number of rotatable bonds is 19. The number of carbonyl (C=O) groups excluding carboxylic acids is 4. The second-order valence-corrected chi connectivity index (χ2v) is 11.0. The van der Waals surface area contributed by atoms with Crippen molar-refractivity contribution in [2.24, 2.45) is 33.8 Å². The molecule has 43 heavy (non-hydrogen) atoms. The van der Waals surface area contributed by atoms with Gasteiger partial charge in [0.25, 0.3) is 0 Å². The van der Waals surface area contributed by atoms with Crippen LogP contribution in [0, 0.1) is 5.92 Å². The highest BCUT2D eigenvalue weighted by Gasteiger charge is 2.41. The van der Waals surface area contributed by atoms with E-state index in [9.17, 15) is 34.2 Å². The van der Waals surface area contributed by atoms with Crippen LogP contribution in [0.5, 0.6) is 0 Å². The van der Waals surface area contributed by atoms with Crippen molar-refractivity contribution in [2.75, 3.05) is 19.6 Å². The number of aliphatic hydroxyl groups is 1. The third-order valence-electron chi connectivity index (χ3n) is 7.58. The number of hydrogen-bond donors (Lipinski definition) is 9. The normalized spacial score (nSPS) is 18.8. The first-order valence-corrected chi connectivity index (χ1v) is 14.9. The van der Waals surface area contributed by atoms with Gasteiger partial charge in [0.1, 0.15) is 24.2 Å². The van der Waals surface area contributed by atoms with E-state index < -0.39 is 65.9 Å². The monoisotopic (exact) mass is 613 g/mol. The fraction of sp³-hybridized carbons (Fsp3) is 0.778. The van der Waals surface area contributed by atoms with E-state index in [0.717, 1.165) is 0 Å². The van der Waals surface area contributed by atoms with Crippen LogP contribution < -0.4 is 38.9 Å². The molecule has 0 aliphatic carbocycles. The molecule has 0 saturated carbocycles. The molecule has 16 heteroatoms. The fourth-order valence-electron chi connectivity index (χ4n) is 4.70. The summed E-state index contributed by atoms with van der Waals surface area (Å²) in [5, 5.41) is 27.7. The summed E-state index contributed by atoms with van der Waals surface area (Å²) in [5.74, 6) is -4.11.